The maximum atomic E-state index is 12.6. The number of phenols is 1. The molecule has 9 heteroatoms. The molecule has 0 saturated carbocycles. The summed E-state index contributed by atoms with van der Waals surface area (Å²) in [5.41, 5.74) is -1.27. The second-order valence-electron chi connectivity index (χ2n) is 4.24. The summed E-state index contributed by atoms with van der Waals surface area (Å²) in [6.07, 6.45) is -4.57. The standard InChI is InChI=1S/C13H11F3N2O3S/c1-21-5-11-17-9(6-22-11)12(20)18-8-4-7(13(14,15)16)2-3-10(8)19/h2-4,6,19H,5H2,1H3,(H,18,20). The second kappa shape index (κ2) is 6.32. The molecule has 0 aliphatic carbocycles. The Hall–Kier alpha value is -2.13. The molecule has 0 saturated heterocycles. The molecule has 2 rings (SSSR count). The molecule has 0 spiro atoms. The number of thiazole rings is 1. The van der Waals surface area contributed by atoms with Gasteiger partial charge < -0.3 is 15.2 Å². The number of carbonyl (C=O) groups is 1. The molecule has 2 aromatic rings. The van der Waals surface area contributed by atoms with Gasteiger partial charge in [-0.3, -0.25) is 4.79 Å². The van der Waals surface area contributed by atoms with E-state index >= 15 is 0 Å². The van der Waals surface area contributed by atoms with Gasteiger partial charge in [0, 0.05) is 12.5 Å². The average Bonchev–Trinajstić information content (AvgIpc) is 2.89. The van der Waals surface area contributed by atoms with Gasteiger partial charge in [-0.15, -0.1) is 11.3 Å². The van der Waals surface area contributed by atoms with Crippen molar-refractivity contribution >= 4 is 22.9 Å². The summed E-state index contributed by atoms with van der Waals surface area (Å²) in [4.78, 5) is 15.9. The Morgan fingerprint density at radius 3 is 2.82 bits per heavy atom. The number of aromatic hydroxyl groups is 1. The number of ether oxygens (including phenoxy) is 1. The first-order chi connectivity index (χ1) is 10.3. The Kier molecular flexibility index (Phi) is 4.67. The van der Waals surface area contributed by atoms with Crippen molar-refractivity contribution in [3.63, 3.8) is 0 Å². The number of phenolic OH excluding ortho intramolecular Hbond substituents is 1. The fourth-order valence-electron chi connectivity index (χ4n) is 1.60. The Morgan fingerprint density at radius 2 is 2.18 bits per heavy atom. The third kappa shape index (κ3) is 3.74. The third-order valence-corrected chi connectivity index (χ3v) is 3.45. The van der Waals surface area contributed by atoms with Crippen molar-refractivity contribution in [2.24, 2.45) is 0 Å². The van der Waals surface area contributed by atoms with Gasteiger partial charge in [0.05, 0.1) is 17.9 Å². The maximum absolute atomic E-state index is 12.6. The van der Waals surface area contributed by atoms with E-state index in [4.69, 9.17) is 4.74 Å². The molecule has 0 unspecified atom stereocenters. The van der Waals surface area contributed by atoms with Crippen LogP contribution in [0.3, 0.4) is 0 Å². The molecule has 1 aromatic heterocycles. The number of anilines is 1. The Balaban J connectivity index is 2.20. The van der Waals surface area contributed by atoms with Gasteiger partial charge in [-0.05, 0) is 18.2 Å². The normalized spacial score (nSPS) is 11.5. The van der Waals surface area contributed by atoms with Crippen LogP contribution in [0.5, 0.6) is 5.75 Å². The minimum Gasteiger partial charge on any atom is -0.506 e. The van der Waals surface area contributed by atoms with Crippen LogP contribution in [0.1, 0.15) is 21.1 Å². The number of hydrogen-bond donors (Lipinski definition) is 2. The van der Waals surface area contributed by atoms with E-state index in [2.05, 4.69) is 10.3 Å². The summed E-state index contributed by atoms with van der Waals surface area (Å²) < 4.78 is 42.8. The lowest BCUT2D eigenvalue weighted by Crippen LogP contribution is -2.14. The van der Waals surface area contributed by atoms with Crippen molar-refractivity contribution in [1.82, 2.24) is 4.98 Å². The molecule has 0 radical (unpaired) electrons. The SMILES string of the molecule is COCc1nc(C(=O)Nc2cc(C(F)(F)F)ccc2O)cs1. The number of hydrogen-bond acceptors (Lipinski definition) is 5. The van der Waals surface area contributed by atoms with Gasteiger partial charge in [0.2, 0.25) is 0 Å². The first kappa shape index (κ1) is 16.2. The average molecular weight is 332 g/mol. The van der Waals surface area contributed by atoms with Gasteiger partial charge in [-0.1, -0.05) is 0 Å². The Morgan fingerprint density at radius 1 is 1.45 bits per heavy atom. The number of rotatable bonds is 4. The number of alkyl halides is 3. The minimum absolute atomic E-state index is 0.0360. The molecule has 22 heavy (non-hydrogen) atoms. The smallest absolute Gasteiger partial charge is 0.416 e. The van der Waals surface area contributed by atoms with Crippen molar-refractivity contribution in [2.45, 2.75) is 12.8 Å². The maximum Gasteiger partial charge on any atom is 0.416 e. The van der Waals surface area contributed by atoms with Crippen molar-refractivity contribution in [2.75, 3.05) is 12.4 Å². The summed E-state index contributed by atoms with van der Waals surface area (Å²) in [7, 11) is 1.47. The monoisotopic (exact) mass is 332 g/mol. The zero-order chi connectivity index (χ0) is 16.3. The zero-order valence-electron chi connectivity index (χ0n) is 11.3. The van der Waals surface area contributed by atoms with Gasteiger partial charge >= 0.3 is 6.18 Å². The summed E-state index contributed by atoms with van der Waals surface area (Å²) in [5, 5.41) is 13.8. The fraction of sp³-hybridized carbons (Fsp3) is 0.231. The van der Waals surface area contributed by atoms with Crippen LogP contribution in [-0.4, -0.2) is 23.1 Å². The highest BCUT2D eigenvalue weighted by Gasteiger charge is 2.31. The van der Waals surface area contributed by atoms with E-state index in [0.717, 1.165) is 12.1 Å². The van der Waals surface area contributed by atoms with Crippen molar-refractivity contribution < 1.29 is 27.8 Å². The molecule has 0 aliphatic rings. The molecule has 0 bridgehead atoms. The minimum atomic E-state index is -4.57. The van der Waals surface area contributed by atoms with E-state index in [9.17, 15) is 23.1 Å². The predicted molar refractivity (Wildman–Crippen MR) is 73.9 cm³/mol. The number of halogens is 3. The third-order valence-electron chi connectivity index (χ3n) is 2.62. The predicted octanol–water partition coefficient (Wildman–Crippen LogP) is 3.27. The molecule has 1 amide bonds. The number of benzene rings is 1. The first-order valence-electron chi connectivity index (χ1n) is 5.96. The summed E-state index contributed by atoms with van der Waals surface area (Å²) in [6, 6.07) is 2.26. The summed E-state index contributed by atoms with van der Waals surface area (Å²) in [5.74, 6) is -1.18. The lowest BCUT2D eigenvalue weighted by atomic mass is 10.1. The summed E-state index contributed by atoms with van der Waals surface area (Å²) >= 11 is 1.19. The van der Waals surface area contributed by atoms with Crippen molar-refractivity contribution in [3.8, 4) is 5.75 Å². The number of nitrogens with one attached hydrogen (secondary N) is 1. The highest BCUT2D eigenvalue weighted by Crippen LogP contribution is 2.34. The molecule has 1 heterocycles. The molecule has 0 fully saturated rings. The van der Waals surface area contributed by atoms with Crippen LogP contribution in [0, 0.1) is 0 Å². The van der Waals surface area contributed by atoms with Crippen LogP contribution in [0.25, 0.3) is 0 Å². The van der Waals surface area contributed by atoms with Crippen molar-refractivity contribution in [1.29, 1.82) is 0 Å². The molecule has 5 nitrogen and oxygen atoms in total. The molecular formula is C13H11F3N2O3S. The number of carbonyl (C=O) groups excluding carboxylic acids is 1. The summed E-state index contributed by atoms with van der Waals surface area (Å²) in [6.45, 7) is 0.229. The largest absolute Gasteiger partial charge is 0.506 e. The number of methoxy groups -OCH3 is 1. The molecule has 0 atom stereocenters. The quantitative estimate of drug-likeness (QED) is 0.843. The topological polar surface area (TPSA) is 71.5 Å². The molecule has 0 aliphatic heterocycles. The fourth-order valence-corrected chi connectivity index (χ4v) is 2.35. The van der Waals surface area contributed by atoms with Crippen LogP contribution in [0.2, 0.25) is 0 Å². The number of nitrogens with zero attached hydrogens (tertiary/aromatic N) is 1. The lowest BCUT2D eigenvalue weighted by Gasteiger charge is -2.11. The van der Waals surface area contributed by atoms with E-state index in [1.165, 1.54) is 23.8 Å². The van der Waals surface area contributed by atoms with Gasteiger partial charge in [0.25, 0.3) is 5.91 Å². The van der Waals surface area contributed by atoms with Gasteiger partial charge in [-0.25, -0.2) is 4.98 Å². The van der Waals surface area contributed by atoms with Gasteiger partial charge in [0.15, 0.2) is 0 Å². The Labute approximate surface area is 127 Å². The van der Waals surface area contributed by atoms with Crippen molar-refractivity contribution in [3.05, 3.63) is 39.8 Å². The van der Waals surface area contributed by atoms with E-state index < -0.39 is 23.4 Å². The van der Waals surface area contributed by atoms with Crippen LogP contribution >= 0.6 is 11.3 Å². The zero-order valence-corrected chi connectivity index (χ0v) is 12.1. The van der Waals surface area contributed by atoms with E-state index in [1.807, 2.05) is 0 Å². The van der Waals surface area contributed by atoms with Gasteiger partial charge in [0.1, 0.15) is 16.5 Å². The molecule has 2 N–H and O–H groups in total. The second-order valence-corrected chi connectivity index (χ2v) is 5.19. The van der Waals surface area contributed by atoms with Crippen LogP contribution < -0.4 is 5.32 Å². The van der Waals surface area contributed by atoms with E-state index in [1.54, 1.807) is 0 Å². The first-order valence-corrected chi connectivity index (χ1v) is 6.84. The number of aromatic nitrogens is 1. The highest BCUT2D eigenvalue weighted by molar-refractivity contribution is 7.09. The Bertz CT molecular complexity index is 685. The van der Waals surface area contributed by atoms with Crippen LogP contribution in [-0.2, 0) is 17.5 Å². The lowest BCUT2D eigenvalue weighted by molar-refractivity contribution is -0.137. The van der Waals surface area contributed by atoms with E-state index in [0.29, 0.717) is 11.1 Å². The van der Waals surface area contributed by atoms with Crippen LogP contribution in [0.15, 0.2) is 23.6 Å². The molecule has 1 aromatic carbocycles. The van der Waals surface area contributed by atoms with Crippen LogP contribution in [0.4, 0.5) is 18.9 Å². The van der Waals surface area contributed by atoms with Gasteiger partial charge in [-0.2, -0.15) is 13.2 Å². The van der Waals surface area contributed by atoms with E-state index in [-0.39, 0.29) is 18.0 Å². The molecular weight excluding hydrogens is 321 g/mol. The molecule has 118 valence electrons. The number of amides is 1. The highest BCUT2D eigenvalue weighted by atomic mass is 32.1.